The molecule has 0 amide bonds. The van der Waals surface area contributed by atoms with Crippen molar-refractivity contribution in [1.82, 2.24) is 0 Å². The van der Waals surface area contributed by atoms with E-state index >= 15 is 9.59 Å². The van der Waals surface area contributed by atoms with E-state index in [0.29, 0.717) is 71.7 Å². The minimum Gasteiger partial charge on any atom is -0.507 e. The zero-order chi connectivity index (χ0) is 62.9. The first-order valence-electron chi connectivity index (χ1n) is 31.5. The summed E-state index contributed by atoms with van der Waals surface area (Å²) in [5.41, 5.74) is 10.4. The molecule has 4 bridgehead atoms. The van der Waals surface area contributed by atoms with Gasteiger partial charge in [0.25, 0.3) is 0 Å². The molecule has 10 heteroatoms. The summed E-state index contributed by atoms with van der Waals surface area (Å²) in [5, 5.41) is 25.5. The summed E-state index contributed by atoms with van der Waals surface area (Å²) in [4.78, 5) is 33.6. The van der Waals surface area contributed by atoms with Gasteiger partial charge in [-0.05, 0) is 95.5 Å². The first-order chi connectivity index (χ1) is 45.1. The molecule has 460 valence electrons. The van der Waals surface area contributed by atoms with Gasteiger partial charge in [-0.1, -0.05) is 217 Å². The molecule has 0 saturated heterocycles. The maximum atomic E-state index is 16.8. The monoisotopic (exact) mass is 1220 g/mol. The van der Waals surface area contributed by atoms with Gasteiger partial charge >= 0.3 is 0 Å². The summed E-state index contributed by atoms with van der Waals surface area (Å²) in [6.07, 6.45) is 5.06. The van der Waals surface area contributed by atoms with Crippen molar-refractivity contribution >= 4 is 11.6 Å². The Labute approximate surface area is 537 Å². The van der Waals surface area contributed by atoms with Crippen molar-refractivity contribution in [1.29, 1.82) is 0 Å². The van der Waals surface area contributed by atoms with Gasteiger partial charge in [0, 0.05) is 70.9 Å². The van der Waals surface area contributed by atoms with E-state index in [9.17, 15) is 10.2 Å². The van der Waals surface area contributed by atoms with Crippen LogP contribution in [0.2, 0.25) is 0 Å². The van der Waals surface area contributed by atoms with Crippen LogP contribution in [0.25, 0.3) is 0 Å². The molecule has 6 atom stereocenters. The quantitative estimate of drug-likeness (QED) is 0.0712. The molecule has 0 spiro atoms. The second-order valence-electron chi connectivity index (χ2n) is 24.3. The van der Waals surface area contributed by atoms with E-state index in [2.05, 4.69) is 26.0 Å². The van der Waals surface area contributed by atoms with Crippen molar-refractivity contribution < 1.29 is 48.2 Å². The van der Waals surface area contributed by atoms with Gasteiger partial charge in [0.2, 0.25) is 0 Å². The molecule has 3 aliphatic rings. The minimum absolute atomic E-state index is 0.0760. The molecule has 10 nitrogen and oxygen atoms in total. The van der Waals surface area contributed by atoms with E-state index < -0.39 is 35.5 Å². The number of hydrogen-bond acceptors (Lipinski definition) is 10. The molecule has 0 aromatic heterocycles. The van der Waals surface area contributed by atoms with Crippen LogP contribution >= 0.6 is 0 Å². The average molecular weight is 1220 g/mol. The fraction of sp³-hybridized carbons (Fsp3) is 0.195. The van der Waals surface area contributed by atoms with Gasteiger partial charge in [-0.25, -0.2) is 0 Å². The van der Waals surface area contributed by atoms with Gasteiger partial charge in [0.1, 0.15) is 85.6 Å². The number of rotatable bonds is 20. The van der Waals surface area contributed by atoms with E-state index in [4.69, 9.17) is 28.4 Å². The standard InChI is InChI=1S/C82H72O10/c1-53-37-67(63-35-33-61(87-47-55-21-9-3-10-22-55)41-75(63)89-49-57-25-13-5-14-26-57)79-69(39-53)65-43-71(73(83)45-77(65)91-51-59-29-17-7-18-30-59)82(86)80-68(64-36-34-62(88-48-56-23-11-4-12-24-56)42-76(64)90-50-58-27-15-6-16-28-58)38-54(2)40-70(80)66-44-72(81(79)85)74(84)46-78(66)92-52-60-31-19-8-20-32-60/h3-36,39-46,67-70,79-80,83-84H,37-38,47-52H2,1-2H3/t67-,68-,69-,70+,79-,80-/m1/s1. The Balaban J connectivity index is 0.999. The fourth-order valence-electron chi connectivity index (χ4n) is 13.5. The molecule has 10 aromatic carbocycles. The first kappa shape index (κ1) is 60.3. The van der Waals surface area contributed by atoms with Crippen LogP contribution in [0.4, 0.5) is 0 Å². The van der Waals surface area contributed by atoms with Crippen LogP contribution < -0.4 is 28.4 Å². The van der Waals surface area contributed by atoms with Gasteiger partial charge in [-0.15, -0.1) is 0 Å². The summed E-state index contributed by atoms with van der Waals surface area (Å²) in [5.74, 6) is -2.97. The van der Waals surface area contributed by atoms with E-state index in [1.165, 1.54) is 0 Å². The summed E-state index contributed by atoms with van der Waals surface area (Å²) in [6, 6.07) is 77.6. The van der Waals surface area contributed by atoms with Gasteiger partial charge in [-0.2, -0.15) is 0 Å². The number of hydrogen-bond donors (Lipinski definition) is 2. The lowest BCUT2D eigenvalue weighted by atomic mass is 9.63. The maximum Gasteiger partial charge on any atom is 0.171 e. The molecule has 3 aliphatic carbocycles. The molecule has 0 saturated carbocycles. The highest BCUT2D eigenvalue weighted by atomic mass is 16.5. The number of carbonyl (C=O) groups is 2. The van der Waals surface area contributed by atoms with Gasteiger partial charge in [0.15, 0.2) is 11.6 Å². The number of benzene rings is 10. The van der Waals surface area contributed by atoms with Crippen LogP contribution in [-0.2, 0) is 39.6 Å². The third kappa shape index (κ3) is 13.6. The predicted molar refractivity (Wildman–Crippen MR) is 357 cm³/mol. The number of fused-ring (bicyclic) bond motifs is 8. The van der Waals surface area contributed by atoms with Gasteiger partial charge < -0.3 is 38.6 Å². The lowest BCUT2D eigenvalue weighted by Crippen LogP contribution is -2.34. The summed E-state index contributed by atoms with van der Waals surface area (Å²) < 4.78 is 40.4. The number of aromatic hydroxyl groups is 2. The summed E-state index contributed by atoms with van der Waals surface area (Å²) in [7, 11) is 0. The number of Topliss-reactive ketones (excluding diaryl/α,β-unsaturated/α-hetero) is 2. The number of phenolic OH excluding ortho intramolecular Hbond substituents is 2. The smallest absolute Gasteiger partial charge is 0.171 e. The van der Waals surface area contributed by atoms with Gasteiger partial charge in [0.05, 0.1) is 11.1 Å². The van der Waals surface area contributed by atoms with E-state index in [1.807, 2.05) is 218 Å². The SMILES string of the molecule is CC1=C[C@H]2c3cc(c(O)cc3OCc3ccccc3)C(=O)[C@H]3[C@H](C=C(C)C[C@@H]3c3ccc(OCc4ccccc4)cc3OCc3ccccc3)c3cc(c(O)cc3OCc3ccccc3)C(=O)[C@@H]2[C@@H](c2ccc(OCc3ccccc3)cc2OCc2ccccc2)C1. The predicted octanol–water partition coefficient (Wildman–Crippen LogP) is 18.3. The highest BCUT2D eigenvalue weighted by molar-refractivity contribution is 6.05. The molecule has 0 fully saturated rings. The molecule has 92 heavy (non-hydrogen) atoms. The van der Waals surface area contributed by atoms with E-state index in [1.54, 1.807) is 24.3 Å². The van der Waals surface area contributed by atoms with Crippen LogP contribution in [0, 0.1) is 11.8 Å². The topological polar surface area (TPSA) is 130 Å². The lowest BCUT2D eigenvalue weighted by molar-refractivity contribution is 0.0875. The Morgan fingerprint density at radius 1 is 0.326 bits per heavy atom. The number of allylic oxidation sites excluding steroid dienone is 4. The minimum atomic E-state index is -0.950. The van der Waals surface area contributed by atoms with Crippen molar-refractivity contribution in [2.45, 2.75) is 90.0 Å². The lowest BCUT2D eigenvalue weighted by Gasteiger charge is -2.40. The van der Waals surface area contributed by atoms with Crippen LogP contribution in [-0.4, -0.2) is 21.8 Å². The molecule has 0 radical (unpaired) electrons. The number of phenols is 2. The average Bonchev–Trinajstić information content (AvgIpc) is 0.740. The Morgan fingerprint density at radius 3 is 0.891 bits per heavy atom. The molecular formula is C82H72O10. The normalized spacial score (nSPS) is 18.3. The highest BCUT2D eigenvalue weighted by Gasteiger charge is 2.47. The molecule has 0 aliphatic heterocycles. The summed E-state index contributed by atoms with van der Waals surface area (Å²) in [6.45, 7) is 5.48. The van der Waals surface area contributed by atoms with Crippen molar-refractivity contribution in [2.24, 2.45) is 11.8 Å². The van der Waals surface area contributed by atoms with Crippen LogP contribution in [0.3, 0.4) is 0 Å². The molecular weight excluding hydrogens is 1140 g/mol. The second kappa shape index (κ2) is 27.7. The fourth-order valence-corrected chi connectivity index (χ4v) is 13.5. The molecule has 13 rings (SSSR count). The summed E-state index contributed by atoms with van der Waals surface area (Å²) >= 11 is 0. The Bertz CT molecular complexity index is 4010. The third-order valence-electron chi connectivity index (χ3n) is 18.0. The van der Waals surface area contributed by atoms with Crippen molar-refractivity contribution in [2.75, 3.05) is 0 Å². The number of ketones is 2. The van der Waals surface area contributed by atoms with Crippen molar-refractivity contribution in [3.63, 3.8) is 0 Å². The van der Waals surface area contributed by atoms with Crippen LogP contribution in [0.5, 0.6) is 46.0 Å². The largest absolute Gasteiger partial charge is 0.507 e. The van der Waals surface area contributed by atoms with Gasteiger partial charge in [-0.3, -0.25) is 9.59 Å². The molecule has 0 heterocycles. The number of ether oxygens (including phenoxy) is 6. The van der Waals surface area contributed by atoms with E-state index in [0.717, 1.165) is 55.7 Å². The van der Waals surface area contributed by atoms with Crippen LogP contribution in [0.1, 0.15) is 127 Å². The third-order valence-corrected chi connectivity index (χ3v) is 18.0. The maximum absolute atomic E-state index is 16.8. The molecule has 10 aromatic rings. The second-order valence-corrected chi connectivity index (χ2v) is 24.3. The Kier molecular flexibility index (Phi) is 18.1. The zero-order valence-electron chi connectivity index (χ0n) is 51.5. The molecule has 2 N–H and O–H groups in total. The highest BCUT2D eigenvalue weighted by Crippen LogP contribution is 2.56. The first-order valence-corrected chi connectivity index (χ1v) is 31.5. The number of carbonyl (C=O) groups excluding carboxylic acids is 2. The zero-order valence-corrected chi connectivity index (χ0v) is 51.5. The van der Waals surface area contributed by atoms with Crippen molar-refractivity contribution in [3.05, 3.63) is 333 Å². The van der Waals surface area contributed by atoms with Crippen LogP contribution in [0.15, 0.2) is 266 Å². The Hall–Kier alpha value is -10.6. The van der Waals surface area contributed by atoms with Crippen molar-refractivity contribution in [3.8, 4) is 46.0 Å². The molecule has 0 unspecified atom stereocenters. The Morgan fingerprint density at radius 2 is 0.598 bits per heavy atom. The van der Waals surface area contributed by atoms with E-state index in [-0.39, 0.29) is 60.6 Å².